The number of hydrogen-bond donors (Lipinski definition) is 0. The van der Waals surface area contributed by atoms with Crippen molar-refractivity contribution in [3.8, 4) is 0 Å². The van der Waals surface area contributed by atoms with Gasteiger partial charge >= 0.3 is 0 Å². The van der Waals surface area contributed by atoms with Crippen molar-refractivity contribution in [3.63, 3.8) is 0 Å². The summed E-state index contributed by atoms with van der Waals surface area (Å²) in [6, 6.07) is 10.3. The van der Waals surface area contributed by atoms with E-state index >= 15 is 0 Å². The molecule has 0 bridgehead atoms. The highest BCUT2D eigenvalue weighted by atomic mass is 35.5. The van der Waals surface area contributed by atoms with Gasteiger partial charge in [-0.05, 0) is 12.0 Å². The van der Waals surface area contributed by atoms with Crippen LogP contribution in [0, 0.1) is 0 Å². The first-order valence-electron chi connectivity index (χ1n) is 3.91. The van der Waals surface area contributed by atoms with E-state index in [9.17, 15) is 0 Å². The molecule has 0 aliphatic carbocycles. The molecule has 0 saturated heterocycles. The van der Waals surface area contributed by atoms with Gasteiger partial charge in [-0.2, -0.15) is 0 Å². The third kappa shape index (κ3) is 2.08. The van der Waals surface area contributed by atoms with E-state index in [1.807, 2.05) is 18.2 Å². The third-order valence-corrected chi connectivity index (χ3v) is 3.81. The van der Waals surface area contributed by atoms with Crippen LogP contribution in [0.1, 0.15) is 18.9 Å². The van der Waals surface area contributed by atoms with Gasteiger partial charge in [0.05, 0.1) is 4.50 Å². The molecule has 0 aliphatic heterocycles. The number of alkyl halides is 1. The molecule has 0 nitrogen and oxygen atoms in total. The maximum Gasteiger partial charge on any atom is 0.0508 e. The largest absolute Gasteiger partial charge is 0.119 e. The van der Waals surface area contributed by atoms with Crippen LogP contribution in [0.4, 0.5) is 0 Å². The number of hydrogen-bond acceptors (Lipinski definition) is 0. The molecule has 60 valence electrons. The monoisotopic (exact) mass is 184 g/mol. The lowest BCUT2D eigenvalue weighted by atomic mass is 10.1. The molecule has 1 aromatic carbocycles. The van der Waals surface area contributed by atoms with E-state index in [0.29, 0.717) is 0 Å². The van der Waals surface area contributed by atoms with Crippen molar-refractivity contribution in [1.82, 2.24) is 0 Å². The summed E-state index contributed by atoms with van der Waals surface area (Å²) in [5, 5.41) is 0. The molecule has 2 heteroatoms. The Hall–Kier alpha value is -0.273. The fourth-order valence-electron chi connectivity index (χ4n) is 0.990. The fourth-order valence-corrected chi connectivity index (χ4v) is 1.45. The number of halogens is 1. The average Bonchev–Trinajstić information content (AvgIpc) is 2.06. The van der Waals surface area contributed by atoms with Gasteiger partial charge in [0.15, 0.2) is 0 Å². The predicted octanol–water partition coefficient (Wildman–Crippen LogP) is 1.85. The highest BCUT2D eigenvalue weighted by molar-refractivity contribution is 6.44. The van der Waals surface area contributed by atoms with E-state index in [-0.39, 0.29) is 4.50 Å². The normalized spacial score (nSPS) is 16.2. The zero-order valence-electron chi connectivity index (χ0n) is 6.97. The van der Waals surface area contributed by atoms with Crippen LogP contribution in [0.3, 0.4) is 0 Å². The number of benzene rings is 1. The molecule has 0 fully saturated rings. The second-order valence-corrected chi connectivity index (χ2v) is 6.09. The van der Waals surface area contributed by atoms with Crippen molar-refractivity contribution in [2.24, 2.45) is 0 Å². The molecule has 1 rings (SSSR count). The molecule has 0 aromatic heterocycles. The zero-order chi connectivity index (χ0) is 8.32. The lowest BCUT2D eigenvalue weighted by molar-refractivity contribution is 0.803. The lowest BCUT2D eigenvalue weighted by Gasteiger charge is -2.19. The Kier molecular flexibility index (Phi) is 2.74. The fraction of sp³-hybridized carbons (Fsp3) is 0.333. The standard InChI is InChI=1S/C9H13ClSi/c1-2-9(10,11)8-6-4-3-5-7-8/h3-7H,2H2,1,11H3. The summed E-state index contributed by atoms with van der Waals surface area (Å²) in [5.41, 5.74) is 1.26. The first kappa shape index (κ1) is 8.82. The summed E-state index contributed by atoms with van der Waals surface area (Å²) in [6.07, 6.45) is 1.02. The van der Waals surface area contributed by atoms with Crippen LogP contribution in [0.2, 0.25) is 0 Å². The minimum atomic E-state index is -0.0543. The predicted molar refractivity (Wildman–Crippen MR) is 54.2 cm³/mol. The first-order chi connectivity index (χ1) is 5.17. The minimum absolute atomic E-state index is 0.0543. The van der Waals surface area contributed by atoms with Crippen LogP contribution in [0.25, 0.3) is 0 Å². The molecule has 0 radical (unpaired) electrons. The van der Waals surface area contributed by atoms with Crippen molar-refractivity contribution in [2.45, 2.75) is 17.8 Å². The second kappa shape index (κ2) is 3.42. The van der Waals surface area contributed by atoms with E-state index in [1.54, 1.807) is 0 Å². The van der Waals surface area contributed by atoms with Gasteiger partial charge in [0.2, 0.25) is 0 Å². The molecular formula is C9H13ClSi. The molecule has 0 saturated carbocycles. The van der Waals surface area contributed by atoms with E-state index < -0.39 is 0 Å². The molecule has 0 N–H and O–H groups in total. The van der Waals surface area contributed by atoms with Crippen LogP contribution in [0.15, 0.2) is 30.3 Å². The smallest absolute Gasteiger partial charge is 0.0508 e. The van der Waals surface area contributed by atoms with Gasteiger partial charge < -0.3 is 0 Å². The molecule has 0 spiro atoms. The highest BCUT2D eigenvalue weighted by Crippen LogP contribution is 2.27. The van der Waals surface area contributed by atoms with Crippen LogP contribution in [-0.2, 0) is 4.50 Å². The Morgan fingerprint density at radius 1 is 1.36 bits per heavy atom. The third-order valence-electron chi connectivity index (χ3n) is 2.04. The molecule has 11 heavy (non-hydrogen) atoms. The van der Waals surface area contributed by atoms with Gasteiger partial charge in [0.1, 0.15) is 0 Å². The van der Waals surface area contributed by atoms with E-state index in [4.69, 9.17) is 11.6 Å². The Morgan fingerprint density at radius 2 is 1.91 bits per heavy atom. The quantitative estimate of drug-likeness (QED) is 0.486. The molecule has 1 unspecified atom stereocenters. The average molecular weight is 185 g/mol. The van der Waals surface area contributed by atoms with Crippen molar-refractivity contribution >= 4 is 21.8 Å². The zero-order valence-corrected chi connectivity index (χ0v) is 9.73. The number of rotatable bonds is 2. The molecule has 0 aliphatic rings. The summed E-state index contributed by atoms with van der Waals surface area (Å²) in [5.74, 6) is 0. The molecular weight excluding hydrogens is 172 g/mol. The lowest BCUT2D eigenvalue weighted by Crippen LogP contribution is -2.16. The highest BCUT2D eigenvalue weighted by Gasteiger charge is 2.19. The topological polar surface area (TPSA) is 0 Å². The Labute approximate surface area is 76.0 Å². The molecule has 0 amide bonds. The van der Waals surface area contributed by atoms with Gasteiger partial charge in [0, 0.05) is 10.2 Å². The Morgan fingerprint density at radius 3 is 2.36 bits per heavy atom. The van der Waals surface area contributed by atoms with Crippen molar-refractivity contribution < 1.29 is 0 Å². The first-order valence-corrected chi connectivity index (χ1v) is 5.29. The summed E-state index contributed by atoms with van der Waals surface area (Å²) in [4.78, 5) is 0. The van der Waals surface area contributed by atoms with Crippen LogP contribution >= 0.6 is 11.6 Å². The second-order valence-electron chi connectivity index (χ2n) is 2.92. The Bertz CT molecular complexity index is 218. The van der Waals surface area contributed by atoms with Crippen LogP contribution < -0.4 is 0 Å². The van der Waals surface area contributed by atoms with Crippen molar-refractivity contribution in [3.05, 3.63) is 35.9 Å². The summed E-state index contributed by atoms with van der Waals surface area (Å²) < 4.78 is -0.0543. The summed E-state index contributed by atoms with van der Waals surface area (Å²) in [7, 11) is 1.00. The molecule has 1 aromatic rings. The molecule has 1 atom stereocenters. The van der Waals surface area contributed by atoms with Gasteiger partial charge in [0.25, 0.3) is 0 Å². The molecule has 0 heterocycles. The Balaban J connectivity index is 2.93. The van der Waals surface area contributed by atoms with E-state index in [0.717, 1.165) is 16.7 Å². The van der Waals surface area contributed by atoms with Gasteiger partial charge in [-0.1, -0.05) is 37.3 Å². The van der Waals surface area contributed by atoms with Gasteiger partial charge in [-0.3, -0.25) is 0 Å². The van der Waals surface area contributed by atoms with Crippen LogP contribution in [0.5, 0.6) is 0 Å². The van der Waals surface area contributed by atoms with E-state index in [2.05, 4.69) is 19.1 Å². The van der Waals surface area contributed by atoms with E-state index in [1.165, 1.54) is 5.56 Å². The SMILES string of the molecule is CCC([SiH3])(Cl)c1ccccc1. The maximum atomic E-state index is 6.31. The van der Waals surface area contributed by atoms with Crippen molar-refractivity contribution in [1.29, 1.82) is 0 Å². The summed E-state index contributed by atoms with van der Waals surface area (Å²) >= 11 is 6.31. The minimum Gasteiger partial charge on any atom is -0.119 e. The van der Waals surface area contributed by atoms with Crippen LogP contribution in [-0.4, -0.2) is 10.2 Å². The summed E-state index contributed by atoms with van der Waals surface area (Å²) in [6.45, 7) is 2.13. The van der Waals surface area contributed by atoms with Gasteiger partial charge in [-0.15, -0.1) is 11.6 Å². The van der Waals surface area contributed by atoms with Gasteiger partial charge in [-0.25, -0.2) is 0 Å². The van der Waals surface area contributed by atoms with Crippen molar-refractivity contribution in [2.75, 3.05) is 0 Å². The maximum absolute atomic E-state index is 6.31.